The highest BCUT2D eigenvalue weighted by Crippen LogP contribution is 2.53. The quantitative estimate of drug-likeness (QED) is 0.0501. The average Bonchev–Trinajstić information content (AvgIpc) is 0.829. The minimum absolute atomic E-state index is 0.0632. The summed E-state index contributed by atoms with van der Waals surface area (Å²) in [5, 5.41) is 46.5. The summed E-state index contributed by atoms with van der Waals surface area (Å²) >= 11 is 0. The third-order valence-electron chi connectivity index (χ3n) is 16.2. The molecule has 0 spiro atoms. The first kappa shape index (κ1) is 75.2. The minimum atomic E-state index is -3.68. The lowest BCUT2D eigenvalue weighted by Crippen LogP contribution is -2.09. The van der Waals surface area contributed by atoms with Crippen LogP contribution in [0.2, 0.25) is 0 Å². The Balaban J connectivity index is 0.000000215. The van der Waals surface area contributed by atoms with Gasteiger partial charge in [0.2, 0.25) is 12.8 Å². The van der Waals surface area contributed by atoms with Gasteiger partial charge < -0.3 is 34.0 Å². The number of nitrogens with zero attached hydrogens (tertiary/aromatic N) is 7. The zero-order valence-corrected chi connectivity index (χ0v) is 60.4. The van der Waals surface area contributed by atoms with Crippen LogP contribution in [0.5, 0.6) is 0 Å². The fraction of sp³-hybridized carbons (Fsp3) is 0.124. The Morgan fingerprint density at radius 3 is 0.971 bits per heavy atom. The van der Waals surface area contributed by atoms with E-state index in [9.17, 15) is 24.9 Å². The molecule has 0 saturated carbocycles. The second kappa shape index (κ2) is 36.4. The van der Waals surface area contributed by atoms with E-state index in [1.165, 1.54) is 69.2 Å². The first-order chi connectivity index (χ1) is 50.4. The molecule has 11 aromatic carbocycles. The zero-order chi connectivity index (χ0) is 74.0. The van der Waals surface area contributed by atoms with E-state index in [0.29, 0.717) is 22.4 Å². The molecule has 11 rings (SSSR count). The van der Waals surface area contributed by atoms with Crippen LogP contribution in [0.3, 0.4) is 0 Å². The first-order valence-corrected chi connectivity index (χ1v) is 36.8. The monoisotopic (exact) mass is 1400 g/mol. The third-order valence-corrected chi connectivity index (χ3v) is 20.0. The molecule has 0 fully saturated rings. The Morgan fingerprint density at radius 2 is 0.673 bits per heavy atom. The number of aliphatic hydroxyl groups is 2. The molecule has 0 bridgehead atoms. The average molecular weight is 1400 g/mol. The van der Waals surface area contributed by atoms with Crippen LogP contribution in [-0.4, -0.2) is 23.4 Å². The molecule has 13 nitrogen and oxygen atoms in total. The predicted molar refractivity (Wildman–Crippen MR) is 418 cm³/mol. The number of rotatable bonds is 17. The van der Waals surface area contributed by atoms with Crippen molar-refractivity contribution in [2.24, 2.45) is 0 Å². The summed E-state index contributed by atoms with van der Waals surface area (Å²) in [4.78, 5) is 10.4. The van der Waals surface area contributed by atoms with E-state index >= 15 is 0 Å². The zero-order valence-electron chi connectivity index (χ0n) is 58.6. The van der Waals surface area contributed by atoms with Crippen molar-refractivity contribution in [1.82, 2.24) is 0 Å². The molecule has 0 aliphatic heterocycles. The molecule has 0 aromatic heterocycles. The lowest BCUT2D eigenvalue weighted by Gasteiger charge is -2.25. The van der Waals surface area contributed by atoms with Gasteiger partial charge >= 0.3 is 7.60 Å². The van der Waals surface area contributed by atoms with Crippen LogP contribution >= 0.6 is 14.7 Å². The van der Waals surface area contributed by atoms with Crippen LogP contribution < -0.4 is 14.7 Å². The Morgan fingerprint density at radius 1 is 0.375 bits per heavy atom. The predicted octanol–water partition coefficient (Wildman–Crippen LogP) is 22.2. The lowest BCUT2D eigenvalue weighted by molar-refractivity contribution is 0.219. The summed E-state index contributed by atoms with van der Waals surface area (Å²) < 4.78 is 35.8. The number of hydrogen-bond acceptors (Lipinski definition) is 12. The van der Waals surface area contributed by atoms with E-state index in [4.69, 9.17) is 25.8 Å². The molecule has 0 radical (unpaired) electrons. The van der Waals surface area contributed by atoms with Crippen molar-refractivity contribution in [2.45, 2.75) is 60.8 Å². The molecule has 0 heterocycles. The molecular formula is C89H73N7O6P2. The maximum Gasteiger partial charge on any atom is 0.335 e. The van der Waals surface area contributed by atoms with E-state index in [0.717, 1.165) is 45.3 Å². The summed E-state index contributed by atoms with van der Waals surface area (Å²) in [6, 6.07) is 91.6. The summed E-state index contributed by atoms with van der Waals surface area (Å²) in [6.07, 6.45) is 2.44. The fourth-order valence-corrected chi connectivity index (χ4v) is 14.0. The molecule has 15 heteroatoms. The molecule has 11 aromatic rings. The number of anilines is 9. The maximum atomic E-state index is 12.8. The molecule has 0 unspecified atom stereocenters. The Labute approximate surface area is 610 Å². The molecule has 0 amide bonds. The van der Waals surface area contributed by atoms with Crippen LogP contribution in [0.4, 0.5) is 56.9 Å². The van der Waals surface area contributed by atoms with Gasteiger partial charge in [0.25, 0.3) is 0 Å². The molecular weight excluding hydrogens is 1320 g/mol. The lowest BCUT2D eigenvalue weighted by atomic mass is 10.0. The van der Waals surface area contributed by atoms with Crippen molar-refractivity contribution in [3.63, 3.8) is 0 Å². The Kier molecular flexibility index (Phi) is 26.3. The summed E-state index contributed by atoms with van der Waals surface area (Å²) in [6.45, 7) is 21.9. The normalized spacial score (nSPS) is 10.3. The van der Waals surface area contributed by atoms with Crippen molar-refractivity contribution in [3.8, 4) is 65.4 Å². The second-order valence-corrected chi connectivity index (χ2v) is 28.2. The van der Waals surface area contributed by atoms with Crippen molar-refractivity contribution in [3.05, 3.63) is 344 Å². The van der Waals surface area contributed by atoms with E-state index in [1.54, 1.807) is 26.0 Å². The molecule has 0 aliphatic rings. The van der Waals surface area contributed by atoms with E-state index < -0.39 is 14.7 Å². The first-order valence-electron chi connectivity index (χ1n) is 33.2. The van der Waals surface area contributed by atoms with E-state index in [-0.39, 0.29) is 47.8 Å². The van der Waals surface area contributed by atoms with Crippen LogP contribution in [0, 0.1) is 122 Å². The number of aliphatic hydroxyl groups excluding tert-OH is 2. The number of nitriles is 3. The SMILES string of the molecule is CCOP(=O)(Cc1cc(C#N)c(CP(=O)(C#CO)C#CO)cc1C#N)OCC.Cc1ccc(N(c2ccccc2)c2ccccc2)cc1.[C-]#[N+]c1cc(C#Cc2ccc(N(c3ccc(C)cc3)c3ccc(C)cc3)cc2)c(C#N)cc1C#Cc1ccc(N(c2ccc(C)cc2)c2ccc(C)cc2)cc1. The van der Waals surface area contributed by atoms with Gasteiger partial charge in [-0.05, 0) is 217 Å². The highest BCUT2D eigenvalue weighted by molar-refractivity contribution is 7.73. The van der Waals surface area contributed by atoms with Crippen molar-refractivity contribution in [2.75, 3.05) is 27.9 Å². The van der Waals surface area contributed by atoms with Gasteiger partial charge in [-0.2, -0.15) is 15.8 Å². The minimum Gasteiger partial charge on any atom is -0.462 e. The van der Waals surface area contributed by atoms with Gasteiger partial charge in [0, 0.05) is 90.9 Å². The van der Waals surface area contributed by atoms with Gasteiger partial charge in [-0.1, -0.05) is 149 Å². The maximum absolute atomic E-state index is 12.8. The van der Waals surface area contributed by atoms with Gasteiger partial charge in [-0.15, -0.1) is 0 Å². The van der Waals surface area contributed by atoms with Gasteiger partial charge in [-0.3, -0.25) is 9.13 Å². The molecule has 0 atom stereocenters. The van der Waals surface area contributed by atoms with Crippen LogP contribution in [0.1, 0.15) is 91.7 Å². The fourth-order valence-electron chi connectivity index (χ4n) is 11.0. The van der Waals surface area contributed by atoms with E-state index in [1.807, 2.05) is 84.1 Å². The number of para-hydroxylation sites is 2. The smallest absolute Gasteiger partial charge is 0.335 e. The summed E-state index contributed by atoms with van der Waals surface area (Å²) in [5.74, 6) is 12.7. The number of aryl methyl sites for hydroxylation is 5. The highest BCUT2D eigenvalue weighted by Gasteiger charge is 2.28. The van der Waals surface area contributed by atoms with Gasteiger partial charge in [0.05, 0.1) is 54.8 Å². The molecule has 510 valence electrons. The van der Waals surface area contributed by atoms with Gasteiger partial charge in [0.15, 0.2) is 0 Å². The molecule has 0 aliphatic carbocycles. The number of benzene rings is 11. The third kappa shape index (κ3) is 20.1. The van der Waals surface area contributed by atoms with Crippen LogP contribution in [-0.2, 0) is 30.5 Å². The summed E-state index contributed by atoms with van der Waals surface area (Å²) in [7, 11) is -7.19. The van der Waals surface area contributed by atoms with E-state index in [2.05, 4.69) is 254 Å². The summed E-state index contributed by atoms with van der Waals surface area (Å²) in [5.41, 5.74) is 23.8. The topological polar surface area (TPSA) is 179 Å². The van der Waals surface area contributed by atoms with Gasteiger partial charge in [0.1, 0.15) is 18.3 Å². The Hall–Kier alpha value is -13.0. The largest absolute Gasteiger partial charge is 0.462 e. The standard InChI is InChI=1S/C52H38N4.C19H17N.C18H18N2O6P2/c1-37-6-22-46(23-7-37)55(47-24-8-38(2)9-25-47)50-30-16-41(17-31-50)14-20-43-35-52(54-5)44(34-45(43)36-53)21-15-42-18-32-51(33-19-42)56(48-26-10-39(3)11-27-48)49-28-12-40(4)13-29-49;1-16-12-14-19(15-13-16)20(17-8-4-2-5-9-17)18-10-6-3-7-11-18;1-3-25-28(24,26-4-2)14-18-10-15(11-19)17(9-16(18)12-20)13-27(23,7-5-21)8-6-22/h6-13,16-19,22-35H,1-4H3;2-15H,1H3;9-10,21-22H,3-4,13-14H2,1-2H3. The molecule has 0 saturated heterocycles. The second-order valence-electron chi connectivity index (χ2n) is 23.9. The number of hydrogen-bond donors (Lipinski definition) is 2. The van der Waals surface area contributed by atoms with Crippen molar-refractivity contribution in [1.29, 1.82) is 15.8 Å². The molecule has 104 heavy (non-hydrogen) atoms. The van der Waals surface area contributed by atoms with Crippen LogP contribution in [0.25, 0.3) is 4.85 Å². The Bertz CT molecular complexity index is 5010. The van der Waals surface area contributed by atoms with Crippen LogP contribution in [0.15, 0.2) is 255 Å². The highest BCUT2D eigenvalue weighted by atomic mass is 31.2. The molecule has 2 N–H and O–H groups in total. The van der Waals surface area contributed by atoms with Gasteiger partial charge in [-0.25, -0.2) is 4.85 Å². The van der Waals surface area contributed by atoms with Crippen molar-refractivity contribution >= 4 is 71.6 Å². The van der Waals surface area contributed by atoms with Crippen molar-refractivity contribution < 1.29 is 28.4 Å².